The molecule has 160 valence electrons. The maximum atomic E-state index is 13.1. The van der Waals surface area contributed by atoms with E-state index in [2.05, 4.69) is 0 Å². The summed E-state index contributed by atoms with van der Waals surface area (Å²) in [7, 11) is 5.32. The largest absolute Gasteiger partial charge is 0.465 e. The molecule has 5 nitrogen and oxygen atoms in total. The van der Waals surface area contributed by atoms with E-state index in [-0.39, 0.29) is 5.91 Å². The number of methoxy groups -OCH3 is 1. The van der Waals surface area contributed by atoms with Crippen molar-refractivity contribution in [2.45, 2.75) is 13.3 Å². The van der Waals surface area contributed by atoms with Crippen molar-refractivity contribution in [3.63, 3.8) is 0 Å². The number of hydrogen-bond acceptors (Lipinski definition) is 4. The molecule has 31 heavy (non-hydrogen) atoms. The fourth-order valence-corrected chi connectivity index (χ4v) is 3.54. The Bertz CT molecular complexity index is 1030. The number of ether oxygens (including phenoxy) is 1. The summed E-state index contributed by atoms with van der Waals surface area (Å²) >= 11 is 0. The van der Waals surface area contributed by atoms with E-state index in [1.54, 1.807) is 24.0 Å². The van der Waals surface area contributed by atoms with E-state index in [1.807, 2.05) is 79.7 Å². The van der Waals surface area contributed by atoms with Gasteiger partial charge in [-0.15, -0.1) is 0 Å². The molecule has 0 N–H and O–H groups in total. The third kappa shape index (κ3) is 5.12. The van der Waals surface area contributed by atoms with Crippen molar-refractivity contribution in [2.75, 3.05) is 32.6 Å². The molecular weight excluding hydrogens is 388 g/mol. The maximum absolute atomic E-state index is 13.1. The summed E-state index contributed by atoms with van der Waals surface area (Å²) in [5.41, 5.74) is 4.58. The lowest BCUT2D eigenvalue weighted by molar-refractivity contribution is -0.136. The molecule has 0 saturated heterocycles. The molecule has 2 aromatic rings. The third-order valence-electron chi connectivity index (χ3n) is 5.33. The fraction of sp³-hybridized carbons (Fsp3) is 0.231. The van der Waals surface area contributed by atoms with E-state index in [1.165, 1.54) is 7.11 Å². The van der Waals surface area contributed by atoms with Gasteiger partial charge in [0.15, 0.2) is 0 Å². The molecule has 0 spiro atoms. The van der Waals surface area contributed by atoms with Crippen LogP contribution in [0.15, 0.2) is 83.6 Å². The Balaban J connectivity index is 1.82. The highest BCUT2D eigenvalue weighted by Crippen LogP contribution is 2.30. The van der Waals surface area contributed by atoms with Crippen LogP contribution in [0.4, 0.5) is 5.69 Å². The minimum absolute atomic E-state index is 0.179. The van der Waals surface area contributed by atoms with Gasteiger partial charge >= 0.3 is 5.97 Å². The van der Waals surface area contributed by atoms with Crippen LogP contribution in [0, 0.1) is 0 Å². The molecule has 1 aliphatic heterocycles. The van der Waals surface area contributed by atoms with Gasteiger partial charge in [-0.2, -0.15) is 0 Å². The zero-order valence-corrected chi connectivity index (χ0v) is 18.5. The minimum atomic E-state index is -0.497. The van der Waals surface area contributed by atoms with Gasteiger partial charge in [0.25, 0.3) is 5.91 Å². The van der Waals surface area contributed by atoms with Crippen molar-refractivity contribution < 1.29 is 14.3 Å². The summed E-state index contributed by atoms with van der Waals surface area (Å²) in [5.74, 6) is -0.676. The highest BCUT2D eigenvalue weighted by Gasteiger charge is 2.36. The smallest absolute Gasteiger partial charge is 0.340 e. The Morgan fingerprint density at radius 2 is 1.74 bits per heavy atom. The molecule has 0 radical (unpaired) electrons. The summed E-state index contributed by atoms with van der Waals surface area (Å²) in [6.07, 6.45) is 6.12. The monoisotopic (exact) mass is 416 g/mol. The van der Waals surface area contributed by atoms with Crippen LogP contribution in [0.25, 0.3) is 6.08 Å². The number of anilines is 1. The van der Waals surface area contributed by atoms with Crippen LogP contribution >= 0.6 is 0 Å². The molecule has 3 rings (SSSR count). The predicted octanol–water partition coefficient (Wildman–Crippen LogP) is 4.22. The number of hydrogen-bond donors (Lipinski definition) is 0. The van der Waals surface area contributed by atoms with Crippen molar-refractivity contribution in [1.29, 1.82) is 0 Å². The number of carbonyl (C=O) groups is 2. The number of esters is 1. The summed E-state index contributed by atoms with van der Waals surface area (Å²) in [5, 5.41) is 0. The molecule has 1 aliphatic rings. The van der Waals surface area contributed by atoms with Crippen LogP contribution in [0.2, 0.25) is 0 Å². The van der Waals surface area contributed by atoms with E-state index in [0.717, 1.165) is 16.8 Å². The van der Waals surface area contributed by atoms with Crippen LogP contribution in [0.3, 0.4) is 0 Å². The average molecular weight is 417 g/mol. The number of carbonyl (C=O) groups excluding carboxylic acids is 2. The van der Waals surface area contributed by atoms with E-state index >= 15 is 0 Å². The van der Waals surface area contributed by atoms with Gasteiger partial charge in [-0.05, 0) is 42.7 Å². The first-order valence-electron chi connectivity index (χ1n) is 10.2. The van der Waals surface area contributed by atoms with Gasteiger partial charge < -0.3 is 14.5 Å². The summed E-state index contributed by atoms with van der Waals surface area (Å²) in [6.45, 7) is 2.29. The molecule has 0 unspecified atom stereocenters. The minimum Gasteiger partial charge on any atom is -0.465 e. The summed E-state index contributed by atoms with van der Waals surface area (Å²) in [4.78, 5) is 29.2. The zero-order valence-electron chi connectivity index (χ0n) is 18.5. The van der Waals surface area contributed by atoms with Gasteiger partial charge in [0.1, 0.15) is 0 Å². The molecule has 5 heteroatoms. The molecule has 0 aliphatic carbocycles. The Morgan fingerprint density at radius 1 is 1.06 bits per heavy atom. The Labute approximate surface area is 183 Å². The second kappa shape index (κ2) is 9.94. The van der Waals surface area contributed by atoms with Crippen LogP contribution in [-0.4, -0.2) is 44.5 Å². The van der Waals surface area contributed by atoms with E-state index in [9.17, 15) is 9.59 Å². The van der Waals surface area contributed by atoms with Crippen LogP contribution in [0.5, 0.6) is 0 Å². The van der Waals surface area contributed by atoms with Crippen molar-refractivity contribution >= 4 is 23.6 Å². The van der Waals surface area contributed by atoms with Gasteiger partial charge in [-0.25, -0.2) is 4.79 Å². The molecule has 0 saturated carbocycles. The standard InChI is InChI=1S/C26H28N2O3/c1-19-24(26(30)31-4)23(12-8-11-21-13-15-22(16-14-21)27(2)3)25(29)28(19)18-17-20-9-6-5-7-10-20/h5-16H,17-18H2,1-4H3/b11-8-,23-12-. The molecular formula is C26H28N2O3. The van der Waals surface area contributed by atoms with Crippen LogP contribution < -0.4 is 4.90 Å². The first-order valence-corrected chi connectivity index (χ1v) is 10.2. The first-order chi connectivity index (χ1) is 14.9. The van der Waals surface area contributed by atoms with Crippen molar-refractivity contribution in [3.8, 4) is 0 Å². The second-order valence-corrected chi connectivity index (χ2v) is 7.57. The molecule has 1 heterocycles. The summed E-state index contributed by atoms with van der Waals surface area (Å²) < 4.78 is 4.95. The summed E-state index contributed by atoms with van der Waals surface area (Å²) in [6, 6.07) is 18.1. The second-order valence-electron chi connectivity index (χ2n) is 7.57. The van der Waals surface area contributed by atoms with Gasteiger partial charge in [-0.3, -0.25) is 4.79 Å². The van der Waals surface area contributed by atoms with Crippen molar-refractivity contribution in [3.05, 3.63) is 94.7 Å². The molecule has 0 atom stereocenters. The number of amides is 1. The van der Waals surface area contributed by atoms with Gasteiger partial charge in [0.05, 0.1) is 18.3 Å². The molecule has 0 fully saturated rings. The topological polar surface area (TPSA) is 49.9 Å². The van der Waals surface area contributed by atoms with Gasteiger partial charge in [0, 0.05) is 32.0 Å². The number of nitrogens with zero attached hydrogens (tertiary/aromatic N) is 2. The first kappa shape index (κ1) is 22.1. The number of rotatable bonds is 7. The van der Waals surface area contributed by atoms with Crippen molar-refractivity contribution in [2.24, 2.45) is 0 Å². The highest BCUT2D eigenvalue weighted by molar-refractivity contribution is 6.13. The SMILES string of the molecule is COC(=O)C1=C(C)N(CCc2ccccc2)C(=O)/C1=C\C=C/c1ccc(N(C)C)cc1. The molecule has 0 bridgehead atoms. The maximum Gasteiger partial charge on any atom is 0.340 e. The Kier molecular flexibility index (Phi) is 7.08. The fourth-order valence-electron chi connectivity index (χ4n) is 3.54. The van der Waals surface area contributed by atoms with Crippen molar-refractivity contribution in [1.82, 2.24) is 4.90 Å². The Morgan fingerprint density at radius 3 is 2.35 bits per heavy atom. The highest BCUT2D eigenvalue weighted by atomic mass is 16.5. The van der Waals surface area contributed by atoms with Crippen LogP contribution in [0.1, 0.15) is 18.1 Å². The third-order valence-corrected chi connectivity index (χ3v) is 5.33. The van der Waals surface area contributed by atoms with E-state index in [4.69, 9.17) is 4.74 Å². The van der Waals surface area contributed by atoms with Gasteiger partial charge in [0.2, 0.25) is 0 Å². The lowest BCUT2D eigenvalue weighted by Gasteiger charge is -2.17. The lowest BCUT2D eigenvalue weighted by Crippen LogP contribution is -2.27. The van der Waals surface area contributed by atoms with E-state index < -0.39 is 5.97 Å². The Hall–Kier alpha value is -3.60. The normalized spacial score (nSPS) is 15.3. The van der Waals surface area contributed by atoms with E-state index in [0.29, 0.717) is 29.8 Å². The van der Waals surface area contributed by atoms with Gasteiger partial charge in [-0.1, -0.05) is 54.6 Å². The number of benzene rings is 2. The predicted molar refractivity (Wildman–Crippen MR) is 124 cm³/mol. The lowest BCUT2D eigenvalue weighted by atomic mass is 10.1. The quantitative estimate of drug-likeness (QED) is 0.501. The molecule has 1 amide bonds. The molecule has 0 aromatic heterocycles. The number of allylic oxidation sites excluding steroid dienone is 3. The average Bonchev–Trinajstić information content (AvgIpc) is 3.02. The van der Waals surface area contributed by atoms with Crippen LogP contribution in [-0.2, 0) is 20.7 Å². The zero-order chi connectivity index (χ0) is 22.4. The molecule has 2 aromatic carbocycles.